The highest BCUT2D eigenvalue weighted by Crippen LogP contribution is 2.18. The monoisotopic (exact) mass is 162 g/mol. The summed E-state index contributed by atoms with van der Waals surface area (Å²) in [4.78, 5) is 0. The summed E-state index contributed by atoms with van der Waals surface area (Å²) in [5.74, 6) is 0.128. The van der Waals surface area contributed by atoms with Gasteiger partial charge in [-0.25, -0.2) is 0 Å². The normalized spacial score (nSPS) is 15.2. The van der Waals surface area contributed by atoms with Crippen molar-refractivity contribution < 1.29 is 5.11 Å². The lowest BCUT2D eigenvalue weighted by molar-refractivity contribution is 0.197. The average molecular weight is 162 g/mol. The van der Waals surface area contributed by atoms with Crippen molar-refractivity contribution in [2.45, 2.75) is 18.9 Å². The Morgan fingerprint density at radius 2 is 1.92 bits per heavy atom. The molecule has 0 fully saturated rings. The lowest BCUT2D eigenvalue weighted by atomic mass is 9.96. The molecule has 1 aromatic carbocycles. The van der Waals surface area contributed by atoms with E-state index in [2.05, 4.69) is 6.58 Å². The first-order chi connectivity index (χ1) is 5.75. The van der Waals surface area contributed by atoms with Crippen LogP contribution in [0.15, 0.2) is 43.0 Å². The van der Waals surface area contributed by atoms with Crippen molar-refractivity contribution in [2.24, 2.45) is 0 Å². The molecular formula is C11H14O. The summed E-state index contributed by atoms with van der Waals surface area (Å²) < 4.78 is 0. The number of aliphatic hydroxyl groups excluding tert-OH is 1. The third-order valence-corrected chi connectivity index (χ3v) is 2.08. The smallest absolute Gasteiger partial charge is 0.0784 e. The third-order valence-electron chi connectivity index (χ3n) is 2.08. The van der Waals surface area contributed by atoms with Crippen LogP contribution in [-0.2, 0) is 0 Å². The maximum absolute atomic E-state index is 9.46. The van der Waals surface area contributed by atoms with Crippen molar-refractivity contribution in [1.82, 2.24) is 0 Å². The first-order valence-electron chi connectivity index (χ1n) is 4.11. The van der Waals surface area contributed by atoms with Gasteiger partial charge in [0.1, 0.15) is 0 Å². The van der Waals surface area contributed by atoms with E-state index in [1.54, 1.807) is 6.08 Å². The molecule has 0 unspecified atom stereocenters. The molecule has 0 radical (unpaired) electrons. The van der Waals surface area contributed by atoms with Crippen LogP contribution in [0.5, 0.6) is 0 Å². The van der Waals surface area contributed by atoms with Crippen LogP contribution in [0.4, 0.5) is 0 Å². The van der Waals surface area contributed by atoms with Gasteiger partial charge in [0.05, 0.1) is 6.10 Å². The third kappa shape index (κ3) is 1.95. The SMILES string of the molecule is C=C[C@@H](O)[C@H](C)c1ccccc1. The Bertz CT molecular complexity index is 240. The fraction of sp³-hybridized carbons (Fsp3) is 0.273. The Morgan fingerprint density at radius 1 is 1.33 bits per heavy atom. The minimum Gasteiger partial charge on any atom is -0.388 e. The second kappa shape index (κ2) is 4.07. The Labute approximate surface area is 73.4 Å². The second-order valence-electron chi connectivity index (χ2n) is 2.93. The Hall–Kier alpha value is -1.08. The van der Waals surface area contributed by atoms with Crippen LogP contribution in [0.2, 0.25) is 0 Å². The minimum absolute atomic E-state index is 0.128. The molecule has 0 aliphatic heterocycles. The number of benzene rings is 1. The van der Waals surface area contributed by atoms with Crippen LogP contribution in [-0.4, -0.2) is 11.2 Å². The summed E-state index contributed by atoms with van der Waals surface area (Å²) in [5.41, 5.74) is 1.14. The van der Waals surface area contributed by atoms with E-state index in [1.165, 1.54) is 0 Å². The topological polar surface area (TPSA) is 20.2 Å². The Morgan fingerprint density at radius 3 is 2.42 bits per heavy atom. The summed E-state index contributed by atoms with van der Waals surface area (Å²) in [5, 5.41) is 9.46. The summed E-state index contributed by atoms with van der Waals surface area (Å²) in [7, 11) is 0. The summed E-state index contributed by atoms with van der Waals surface area (Å²) in [6.45, 7) is 5.54. The number of aliphatic hydroxyl groups is 1. The largest absolute Gasteiger partial charge is 0.388 e. The molecule has 0 aliphatic carbocycles. The highest BCUT2D eigenvalue weighted by molar-refractivity contribution is 5.20. The molecule has 0 saturated carbocycles. The molecule has 0 aliphatic rings. The van der Waals surface area contributed by atoms with Crippen LogP contribution in [0, 0.1) is 0 Å². The van der Waals surface area contributed by atoms with E-state index in [0.717, 1.165) is 5.56 Å². The van der Waals surface area contributed by atoms with Crippen molar-refractivity contribution in [3.05, 3.63) is 48.6 Å². The van der Waals surface area contributed by atoms with Crippen LogP contribution in [0.25, 0.3) is 0 Å². The molecule has 64 valence electrons. The molecule has 0 saturated heterocycles. The highest BCUT2D eigenvalue weighted by Gasteiger charge is 2.11. The van der Waals surface area contributed by atoms with Crippen molar-refractivity contribution in [2.75, 3.05) is 0 Å². The number of rotatable bonds is 3. The van der Waals surface area contributed by atoms with Gasteiger partial charge in [0.25, 0.3) is 0 Å². The van der Waals surface area contributed by atoms with Gasteiger partial charge in [-0.15, -0.1) is 6.58 Å². The highest BCUT2D eigenvalue weighted by atomic mass is 16.3. The zero-order chi connectivity index (χ0) is 8.97. The predicted molar refractivity (Wildman–Crippen MR) is 51.1 cm³/mol. The van der Waals surface area contributed by atoms with Gasteiger partial charge in [0.15, 0.2) is 0 Å². The molecule has 0 bridgehead atoms. The molecule has 1 heteroatoms. The molecule has 1 N–H and O–H groups in total. The fourth-order valence-corrected chi connectivity index (χ4v) is 1.16. The van der Waals surface area contributed by atoms with E-state index >= 15 is 0 Å². The maximum atomic E-state index is 9.46. The minimum atomic E-state index is -0.451. The molecule has 0 heterocycles. The van der Waals surface area contributed by atoms with E-state index in [1.807, 2.05) is 37.3 Å². The standard InChI is InChI=1S/C11H14O/c1-3-11(12)9(2)10-7-5-4-6-8-10/h3-9,11-12H,1H2,2H3/t9-,11-/m1/s1. The zero-order valence-electron chi connectivity index (χ0n) is 7.27. The average Bonchev–Trinajstić information content (AvgIpc) is 2.17. The Kier molecular flexibility index (Phi) is 3.06. The quantitative estimate of drug-likeness (QED) is 0.676. The summed E-state index contributed by atoms with van der Waals surface area (Å²) in [6, 6.07) is 9.94. The van der Waals surface area contributed by atoms with E-state index < -0.39 is 6.10 Å². The van der Waals surface area contributed by atoms with Crippen LogP contribution < -0.4 is 0 Å². The fourth-order valence-electron chi connectivity index (χ4n) is 1.16. The predicted octanol–water partition coefficient (Wildman–Crippen LogP) is 2.34. The molecule has 12 heavy (non-hydrogen) atoms. The van der Waals surface area contributed by atoms with Gasteiger partial charge in [-0.1, -0.05) is 43.3 Å². The molecule has 0 aromatic heterocycles. The molecule has 1 rings (SSSR count). The van der Waals surface area contributed by atoms with Gasteiger partial charge in [-0.3, -0.25) is 0 Å². The van der Waals surface area contributed by atoms with Crippen LogP contribution >= 0.6 is 0 Å². The molecule has 0 amide bonds. The second-order valence-corrected chi connectivity index (χ2v) is 2.93. The Balaban J connectivity index is 2.78. The van der Waals surface area contributed by atoms with Crippen molar-refractivity contribution in [1.29, 1.82) is 0 Å². The van der Waals surface area contributed by atoms with Gasteiger partial charge in [-0.05, 0) is 5.56 Å². The van der Waals surface area contributed by atoms with Gasteiger partial charge in [-0.2, -0.15) is 0 Å². The van der Waals surface area contributed by atoms with Crippen molar-refractivity contribution >= 4 is 0 Å². The number of hydrogen-bond donors (Lipinski definition) is 1. The van der Waals surface area contributed by atoms with Crippen molar-refractivity contribution in [3.63, 3.8) is 0 Å². The zero-order valence-corrected chi connectivity index (χ0v) is 7.27. The van der Waals surface area contributed by atoms with E-state index in [-0.39, 0.29) is 5.92 Å². The van der Waals surface area contributed by atoms with Crippen molar-refractivity contribution in [3.8, 4) is 0 Å². The molecule has 1 nitrogen and oxygen atoms in total. The lowest BCUT2D eigenvalue weighted by Gasteiger charge is -2.14. The maximum Gasteiger partial charge on any atom is 0.0784 e. The number of hydrogen-bond acceptors (Lipinski definition) is 1. The van der Waals surface area contributed by atoms with Gasteiger partial charge in [0.2, 0.25) is 0 Å². The molecule has 0 spiro atoms. The first kappa shape index (κ1) is 9.01. The molecule has 2 atom stereocenters. The summed E-state index contributed by atoms with van der Waals surface area (Å²) in [6.07, 6.45) is 1.12. The van der Waals surface area contributed by atoms with Crippen LogP contribution in [0.1, 0.15) is 18.4 Å². The van der Waals surface area contributed by atoms with Gasteiger partial charge < -0.3 is 5.11 Å². The summed E-state index contributed by atoms with van der Waals surface area (Å²) >= 11 is 0. The first-order valence-corrected chi connectivity index (χ1v) is 4.11. The van der Waals surface area contributed by atoms with E-state index in [4.69, 9.17) is 0 Å². The molecule has 1 aromatic rings. The van der Waals surface area contributed by atoms with E-state index in [9.17, 15) is 5.11 Å². The molecular weight excluding hydrogens is 148 g/mol. The van der Waals surface area contributed by atoms with Gasteiger partial charge >= 0.3 is 0 Å². The van der Waals surface area contributed by atoms with E-state index in [0.29, 0.717) is 0 Å². The van der Waals surface area contributed by atoms with Crippen LogP contribution in [0.3, 0.4) is 0 Å². The lowest BCUT2D eigenvalue weighted by Crippen LogP contribution is -2.11. The van der Waals surface area contributed by atoms with Gasteiger partial charge in [0, 0.05) is 5.92 Å².